The standard InChI is InChI=1S/C21H26FNO/c1-14(2)23(15(3)4)21(24)16(5)18-11-12-19(20(22)13-18)17-9-7-6-8-10-17/h6-16H,1-5H3/t16-/m0/s1. The molecule has 0 aliphatic rings. The minimum Gasteiger partial charge on any atom is -0.337 e. The molecule has 0 saturated heterocycles. The predicted octanol–water partition coefficient (Wildman–Crippen LogP) is 5.24. The maximum absolute atomic E-state index is 14.6. The van der Waals surface area contributed by atoms with Gasteiger partial charge in [-0.1, -0.05) is 42.5 Å². The number of carbonyl (C=O) groups excluding carboxylic acids is 1. The molecule has 0 heterocycles. The van der Waals surface area contributed by atoms with E-state index in [0.29, 0.717) is 11.1 Å². The van der Waals surface area contributed by atoms with Gasteiger partial charge in [0.15, 0.2) is 0 Å². The number of halogens is 1. The van der Waals surface area contributed by atoms with Gasteiger partial charge in [-0.15, -0.1) is 0 Å². The summed E-state index contributed by atoms with van der Waals surface area (Å²) in [5, 5.41) is 0. The highest BCUT2D eigenvalue weighted by Gasteiger charge is 2.26. The van der Waals surface area contributed by atoms with Gasteiger partial charge in [-0.3, -0.25) is 4.79 Å². The van der Waals surface area contributed by atoms with E-state index < -0.39 is 0 Å². The molecule has 3 heteroatoms. The van der Waals surface area contributed by atoms with E-state index in [-0.39, 0.29) is 29.7 Å². The van der Waals surface area contributed by atoms with Gasteiger partial charge in [-0.25, -0.2) is 4.39 Å². The van der Waals surface area contributed by atoms with Crippen LogP contribution in [0.3, 0.4) is 0 Å². The highest BCUT2D eigenvalue weighted by Crippen LogP contribution is 2.27. The molecular weight excluding hydrogens is 301 g/mol. The third-order valence-electron chi connectivity index (χ3n) is 4.32. The van der Waals surface area contributed by atoms with Crippen LogP contribution in [0.15, 0.2) is 48.5 Å². The van der Waals surface area contributed by atoms with Crippen LogP contribution in [-0.2, 0) is 4.79 Å². The largest absolute Gasteiger partial charge is 0.337 e. The summed E-state index contributed by atoms with van der Waals surface area (Å²) in [7, 11) is 0. The van der Waals surface area contributed by atoms with Gasteiger partial charge in [0.2, 0.25) is 5.91 Å². The molecular formula is C21H26FNO. The van der Waals surface area contributed by atoms with Crippen molar-refractivity contribution in [2.75, 3.05) is 0 Å². The zero-order chi connectivity index (χ0) is 17.9. The van der Waals surface area contributed by atoms with Gasteiger partial charge in [0.25, 0.3) is 0 Å². The maximum atomic E-state index is 14.6. The monoisotopic (exact) mass is 327 g/mol. The first-order valence-electron chi connectivity index (χ1n) is 8.50. The summed E-state index contributed by atoms with van der Waals surface area (Å²) in [6.45, 7) is 9.86. The van der Waals surface area contributed by atoms with Crippen molar-refractivity contribution in [2.45, 2.75) is 52.6 Å². The summed E-state index contributed by atoms with van der Waals surface area (Å²) in [6, 6.07) is 14.8. The van der Waals surface area contributed by atoms with Crippen LogP contribution in [0, 0.1) is 5.82 Å². The highest BCUT2D eigenvalue weighted by molar-refractivity contribution is 5.84. The maximum Gasteiger partial charge on any atom is 0.230 e. The molecule has 2 nitrogen and oxygen atoms in total. The van der Waals surface area contributed by atoms with Gasteiger partial charge in [0.05, 0.1) is 5.92 Å². The van der Waals surface area contributed by atoms with E-state index in [2.05, 4.69) is 0 Å². The summed E-state index contributed by atoms with van der Waals surface area (Å²) < 4.78 is 14.6. The molecule has 2 aromatic carbocycles. The Balaban J connectivity index is 2.29. The first-order chi connectivity index (χ1) is 11.3. The van der Waals surface area contributed by atoms with Gasteiger partial charge in [-0.2, -0.15) is 0 Å². The average molecular weight is 327 g/mol. The molecule has 0 fully saturated rings. The van der Waals surface area contributed by atoms with Crippen LogP contribution in [-0.4, -0.2) is 22.9 Å². The summed E-state index contributed by atoms with van der Waals surface area (Å²) >= 11 is 0. The van der Waals surface area contributed by atoms with Crippen LogP contribution >= 0.6 is 0 Å². The van der Waals surface area contributed by atoms with Gasteiger partial charge < -0.3 is 4.90 Å². The van der Waals surface area contributed by atoms with Gasteiger partial charge in [-0.05, 0) is 51.8 Å². The van der Waals surface area contributed by atoms with Gasteiger partial charge >= 0.3 is 0 Å². The Kier molecular flexibility index (Phi) is 5.76. The lowest BCUT2D eigenvalue weighted by atomic mass is 9.95. The zero-order valence-electron chi connectivity index (χ0n) is 15.1. The smallest absolute Gasteiger partial charge is 0.230 e. The van der Waals surface area contributed by atoms with Crippen molar-refractivity contribution >= 4 is 5.91 Å². The molecule has 0 aliphatic heterocycles. The van der Waals surface area contributed by atoms with Crippen molar-refractivity contribution in [1.82, 2.24) is 4.90 Å². The Labute approximate surface area is 144 Å². The summed E-state index contributed by atoms with van der Waals surface area (Å²) in [5.41, 5.74) is 2.11. The minimum absolute atomic E-state index is 0.0341. The fourth-order valence-electron chi connectivity index (χ4n) is 3.12. The van der Waals surface area contributed by atoms with Crippen LogP contribution in [0.4, 0.5) is 4.39 Å². The second kappa shape index (κ2) is 7.61. The van der Waals surface area contributed by atoms with Crippen LogP contribution in [0.1, 0.15) is 46.1 Å². The lowest BCUT2D eigenvalue weighted by molar-refractivity contribution is -0.136. The van der Waals surface area contributed by atoms with Crippen molar-refractivity contribution < 1.29 is 9.18 Å². The Hall–Kier alpha value is -2.16. The Morgan fingerprint density at radius 3 is 2.00 bits per heavy atom. The lowest BCUT2D eigenvalue weighted by Gasteiger charge is -2.33. The van der Waals surface area contributed by atoms with E-state index in [1.807, 2.05) is 75.9 Å². The molecule has 1 amide bonds. The fourth-order valence-corrected chi connectivity index (χ4v) is 3.12. The molecule has 1 atom stereocenters. The van der Waals surface area contributed by atoms with E-state index in [4.69, 9.17) is 0 Å². The molecule has 0 N–H and O–H groups in total. The quantitative estimate of drug-likeness (QED) is 0.735. The number of nitrogens with zero attached hydrogens (tertiary/aromatic N) is 1. The molecule has 0 bridgehead atoms. The Morgan fingerprint density at radius 1 is 0.917 bits per heavy atom. The number of benzene rings is 2. The van der Waals surface area contributed by atoms with Crippen molar-refractivity contribution in [3.8, 4) is 11.1 Å². The molecule has 24 heavy (non-hydrogen) atoms. The molecule has 128 valence electrons. The van der Waals surface area contributed by atoms with E-state index >= 15 is 0 Å². The van der Waals surface area contributed by atoms with Crippen molar-refractivity contribution in [3.63, 3.8) is 0 Å². The number of amides is 1. The number of hydrogen-bond acceptors (Lipinski definition) is 1. The topological polar surface area (TPSA) is 20.3 Å². The second-order valence-corrected chi connectivity index (χ2v) is 6.76. The SMILES string of the molecule is CC(C)N(C(=O)[C@@H](C)c1ccc(-c2ccccc2)c(F)c1)C(C)C. The number of rotatable bonds is 5. The fraction of sp³-hybridized carbons (Fsp3) is 0.381. The van der Waals surface area contributed by atoms with Gasteiger partial charge in [0, 0.05) is 17.6 Å². The van der Waals surface area contributed by atoms with E-state index in [9.17, 15) is 9.18 Å². The lowest BCUT2D eigenvalue weighted by Crippen LogP contribution is -2.44. The molecule has 0 radical (unpaired) electrons. The summed E-state index contributed by atoms with van der Waals surface area (Å²) in [6.07, 6.45) is 0. The molecule has 2 rings (SSSR count). The first-order valence-corrected chi connectivity index (χ1v) is 8.50. The number of carbonyl (C=O) groups is 1. The zero-order valence-corrected chi connectivity index (χ0v) is 15.1. The average Bonchev–Trinajstić information content (AvgIpc) is 2.54. The molecule has 2 aromatic rings. The van der Waals surface area contributed by atoms with E-state index in [1.165, 1.54) is 6.07 Å². The third-order valence-corrected chi connectivity index (χ3v) is 4.32. The molecule has 0 unspecified atom stereocenters. The Morgan fingerprint density at radius 2 is 1.50 bits per heavy atom. The van der Waals surface area contributed by atoms with Crippen molar-refractivity contribution in [2.24, 2.45) is 0 Å². The van der Waals surface area contributed by atoms with Crippen LogP contribution in [0.5, 0.6) is 0 Å². The van der Waals surface area contributed by atoms with Gasteiger partial charge in [0.1, 0.15) is 5.82 Å². The summed E-state index contributed by atoms with van der Waals surface area (Å²) in [5.74, 6) is -0.625. The predicted molar refractivity (Wildman–Crippen MR) is 97.4 cm³/mol. The normalized spacial score (nSPS) is 12.5. The van der Waals surface area contributed by atoms with E-state index in [1.54, 1.807) is 6.07 Å². The molecule has 0 saturated carbocycles. The van der Waals surface area contributed by atoms with E-state index in [0.717, 1.165) is 5.56 Å². The molecule has 0 aromatic heterocycles. The van der Waals surface area contributed by atoms with Crippen LogP contribution in [0.25, 0.3) is 11.1 Å². The number of hydrogen-bond donors (Lipinski definition) is 0. The van der Waals surface area contributed by atoms with Crippen LogP contribution in [0.2, 0.25) is 0 Å². The van der Waals surface area contributed by atoms with Crippen LogP contribution < -0.4 is 0 Å². The summed E-state index contributed by atoms with van der Waals surface area (Å²) in [4.78, 5) is 14.7. The third kappa shape index (κ3) is 3.84. The van der Waals surface area contributed by atoms with Crippen molar-refractivity contribution in [3.05, 3.63) is 59.9 Å². The minimum atomic E-state index is -0.367. The Bertz CT molecular complexity index is 686. The van der Waals surface area contributed by atoms with Crippen molar-refractivity contribution in [1.29, 1.82) is 0 Å². The highest BCUT2D eigenvalue weighted by atomic mass is 19.1. The first kappa shape index (κ1) is 18.2. The second-order valence-electron chi connectivity index (χ2n) is 6.76. The molecule has 0 aliphatic carbocycles. The molecule has 0 spiro atoms.